The smallest absolute Gasteiger partial charge is 0.207 e. The van der Waals surface area contributed by atoms with Crippen LogP contribution in [0, 0.1) is 27.7 Å². The highest BCUT2D eigenvalue weighted by Crippen LogP contribution is 2.45. The van der Waals surface area contributed by atoms with Crippen LogP contribution < -0.4 is 4.57 Å². The molecule has 0 bridgehead atoms. The number of nitrogens with zero attached hydrogens (tertiary/aromatic N) is 1. The maximum atomic E-state index is 14.0. The summed E-state index contributed by atoms with van der Waals surface area (Å²) in [6.07, 6.45) is 2.67. The molecule has 1 unspecified atom stereocenters. The molecule has 3 aromatic carbocycles. The molecule has 1 aromatic heterocycles. The SMILES string of the molecule is Cc1ccc(-c2c[n+](C)c(-c3cc(C)cc(C)c3C)c3ccc(C4CCC(F)(F)C4)cc23)cc1. The number of fused-ring (bicyclic) bond motifs is 1. The zero-order valence-corrected chi connectivity index (χ0v) is 20.7. The number of hydrogen-bond donors (Lipinski definition) is 0. The minimum absolute atomic E-state index is 0.0166. The summed E-state index contributed by atoms with van der Waals surface area (Å²) in [6, 6.07) is 19.5. The van der Waals surface area contributed by atoms with Crippen LogP contribution in [-0.2, 0) is 7.05 Å². The molecule has 1 aliphatic carbocycles. The van der Waals surface area contributed by atoms with E-state index in [9.17, 15) is 8.78 Å². The highest BCUT2D eigenvalue weighted by atomic mass is 19.3. The van der Waals surface area contributed by atoms with Gasteiger partial charge in [-0.15, -0.1) is 0 Å². The van der Waals surface area contributed by atoms with E-state index in [1.54, 1.807) is 0 Å². The minimum atomic E-state index is -2.55. The summed E-state index contributed by atoms with van der Waals surface area (Å²) in [5, 5.41) is 2.28. The van der Waals surface area contributed by atoms with Crippen molar-refractivity contribution in [2.45, 2.75) is 58.8 Å². The van der Waals surface area contributed by atoms with Gasteiger partial charge in [-0.25, -0.2) is 8.78 Å². The number of aryl methyl sites for hydroxylation is 4. The monoisotopic (exact) mass is 456 g/mol. The van der Waals surface area contributed by atoms with Crippen molar-refractivity contribution >= 4 is 10.8 Å². The third kappa shape index (κ3) is 4.02. The van der Waals surface area contributed by atoms with Crippen LogP contribution in [-0.4, -0.2) is 5.92 Å². The van der Waals surface area contributed by atoms with E-state index >= 15 is 0 Å². The fourth-order valence-electron chi connectivity index (χ4n) is 5.58. The van der Waals surface area contributed by atoms with Gasteiger partial charge in [0.15, 0.2) is 6.20 Å². The van der Waals surface area contributed by atoms with E-state index in [4.69, 9.17) is 0 Å². The number of pyridine rings is 1. The van der Waals surface area contributed by atoms with Gasteiger partial charge >= 0.3 is 0 Å². The van der Waals surface area contributed by atoms with Crippen LogP contribution >= 0.6 is 0 Å². The Bertz CT molecular complexity index is 1400. The van der Waals surface area contributed by atoms with Crippen LogP contribution in [0.2, 0.25) is 0 Å². The van der Waals surface area contributed by atoms with Gasteiger partial charge in [0.1, 0.15) is 7.05 Å². The highest BCUT2D eigenvalue weighted by Gasteiger charge is 2.40. The largest absolute Gasteiger partial charge is 0.248 e. The summed E-state index contributed by atoms with van der Waals surface area (Å²) < 4.78 is 30.3. The minimum Gasteiger partial charge on any atom is -0.207 e. The first kappa shape index (κ1) is 22.7. The average Bonchev–Trinajstić information content (AvgIpc) is 3.16. The normalized spacial score (nSPS) is 17.4. The van der Waals surface area contributed by atoms with E-state index in [1.165, 1.54) is 33.5 Å². The van der Waals surface area contributed by atoms with Crippen molar-refractivity contribution in [2.75, 3.05) is 0 Å². The maximum absolute atomic E-state index is 14.0. The van der Waals surface area contributed by atoms with E-state index in [0.29, 0.717) is 6.42 Å². The van der Waals surface area contributed by atoms with Gasteiger partial charge in [0.2, 0.25) is 11.6 Å². The molecule has 0 aliphatic heterocycles. The summed E-state index contributed by atoms with van der Waals surface area (Å²) >= 11 is 0. The zero-order valence-electron chi connectivity index (χ0n) is 20.7. The van der Waals surface area contributed by atoms with Crippen LogP contribution in [0.1, 0.15) is 53.0 Å². The third-order valence-corrected chi connectivity index (χ3v) is 7.57. The second kappa shape index (κ2) is 8.30. The molecule has 1 atom stereocenters. The Kier molecular flexibility index (Phi) is 5.55. The summed E-state index contributed by atoms with van der Waals surface area (Å²) in [5.41, 5.74) is 10.7. The van der Waals surface area contributed by atoms with Gasteiger partial charge in [0, 0.05) is 18.2 Å². The summed E-state index contributed by atoms with van der Waals surface area (Å²) in [5.74, 6) is -2.64. The van der Waals surface area contributed by atoms with Gasteiger partial charge in [-0.1, -0.05) is 47.5 Å². The predicted octanol–water partition coefficient (Wildman–Crippen LogP) is 8.13. The third-order valence-electron chi connectivity index (χ3n) is 7.57. The molecule has 1 fully saturated rings. The standard InChI is InChI=1S/C31H32F2N/c1-19-6-8-23(9-7-19)29-18-34(5)30(27-15-20(2)14-21(3)22(27)4)26-11-10-24(16-28(26)29)25-12-13-31(32,33)17-25/h6-11,14-16,18,25H,12-13,17H2,1-5H3/q+1. The Morgan fingerprint density at radius 1 is 0.824 bits per heavy atom. The van der Waals surface area contributed by atoms with E-state index in [0.717, 1.165) is 27.5 Å². The molecule has 0 spiro atoms. The summed E-state index contributed by atoms with van der Waals surface area (Å²) in [7, 11) is 2.11. The molecule has 1 saturated carbocycles. The van der Waals surface area contributed by atoms with E-state index in [-0.39, 0.29) is 18.8 Å². The molecule has 0 N–H and O–H groups in total. The molecule has 1 nitrogen and oxygen atoms in total. The number of halogens is 2. The van der Waals surface area contributed by atoms with Crippen molar-refractivity contribution in [2.24, 2.45) is 7.05 Å². The van der Waals surface area contributed by atoms with Crippen LogP contribution in [0.5, 0.6) is 0 Å². The zero-order chi connectivity index (χ0) is 24.2. The quantitative estimate of drug-likeness (QED) is 0.274. The first-order valence-corrected chi connectivity index (χ1v) is 12.1. The number of alkyl halides is 2. The van der Waals surface area contributed by atoms with Gasteiger partial charge in [0.25, 0.3) is 0 Å². The maximum Gasteiger partial charge on any atom is 0.248 e. The van der Waals surface area contributed by atoms with Crippen molar-refractivity contribution in [1.82, 2.24) is 0 Å². The topological polar surface area (TPSA) is 3.88 Å². The van der Waals surface area contributed by atoms with Crippen molar-refractivity contribution in [3.05, 3.63) is 88.6 Å². The van der Waals surface area contributed by atoms with Gasteiger partial charge in [-0.2, -0.15) is 4.57 Å². The van der Waals surface area contributed by atoms with E-state index in [2.05, 4.69) is 100 Å². The lowest BCUT2D eigenvalue weighted by atomic mass is 9.89. The molecular formula is C31H32F2N+. The highest BCUT2D eigenvalue weighted by molar-refractivity contribution is 6.02. The first-order valence-electron chi connectivity index (χ1n) is 12.1. The summed E-state index contributed by atoms with van der Waals surface area (Å²) in [6.45, 7) is 8.56. The lowest BCUT2D eigenvalue weighted by Crippen LogP contribution is -2.31. The van der Waals surface area contributed by atoms with Gasteiger partial charge in [-0.05, 0) is 80.5 Å². The fraction of sp³-hybridized carbons (Fsp3) is 0.323. The molecule has 4 aromatic rings. The van der Waals surface area contributed by atoms with Crippen molar-refractivity contribution in [3.8, 4) is 22.4 Å². The van der Waals surface area contributed by atoms with E-state index < -0.39 is 5.92 Å². The predicted molar refractivity (Wildman–Crippen MR) is 136 cm³/mol. The summed E-state index contributed by atoms with van der Waals surface area (Å²) in [4.78, 5) is 0. The molecule has 0 amide bonds. The first-order chi connectivity index (χ1) is 16.1. The second-order valence-electron chi connectivity index (χ2n) is 10.2. The Morgan fingerprint density at radius 3 is 2.24 bits per heavy atom. The molecule has 1 aliphatic rings. The number of rotatable bonds is 3. The Labute approximate surface area is 201 Å². The van der Waals surface area contributed by atoms with Crippen LogP contribution in [0.15, 0.2) is 60.8 Å². The molecule has 34 heavy (non-hydrogen) atoms. The number of aromatic nitrogens is 1. The molecule has 5 rings (SSSR count). The van der Waals surface area contributed by atoms with Gasteiger partial charge in [0.05, 0.1) is 16.5 Å². The number of hydrogen-bond acceptors (Lipinski definition) is 0. The fourth-order valence-corrected chi connectivity index (χ4v) is 5.58. The molecule has 1 heterocycles. The van der Waals surface area contributed by atoms with Crippen LogP contribution in [0.4, 0.5) is 8.78 Å². The molecule has 0 radical (unpaired) electrons. The molecule has 174 valence electrons. The van der Waals surface area contributed by atoms with Crippen molar-refractivity contribution < 1.29 is 13.3 Å². The lowest BCUT2D eigenvalue weighted by molar-refractivity contribution is -0.658. The van der Waals surface area contributed by atoms with Gasteiger partial charge in [-0.3, -0.25) is 0 Å². The average molecular weight is 457 g/mol. The Hall–Kier alpha value is -3.07. The van der Waals surface area contributed by atoms with E-state index in [1.807, 2.05) is 0 Å². The number of benzene rings is 3. The molecule has 0 saturated heterocycles. The van der Waals surface area contributed by atoms with Gasteiger partial charge < -0.3 is 0 Å². The second-order valence-corrected chi connectivity index (χ2v) is 10.2. The lowest BCUT2D eigenvalue weighted by Gasteiger charge is -2.16. The van der Waals surface area contributed by atoms with Crippen LogP contribution in [0.3, 0.4) is 0 Å². The Morgan fingerprint density at radius 2 is 1.56 bits per heavy atom. The Balaban J connectivity index is 1.79. The van der Waals surface area contributed by atoms with Crippen molar-refractivity contribution in [3.63, 3.8) is 0 Å². The van der Waals surface area contributed by atoms with Crippen molar-refractivity contribution in [1.29, 1.82) is 0 Å². The molecular weight excluding hydrogens is 424 g/mol. The molecule has 3 heteroatoms. The van der Waals surface area contributed by atoms with Crippen LogP contribution in [0.25, 0.3) is 33.2 Å².